The van der Waals surface area contributed by atoms with Crippen LogP contribution in [0.1, 0.15) is 63.8 Å². The maximum absolute atomic E-state index is 15.2. The van der Waals surface area contributed by atoms with Gasteiger partial charge in [-0.25, -0.2) is 13.6 Å². The number of ether oxygens (including phenoxy) is 1. The van der Waals surface area contributed by atoms with Crippen molar-refractivity contribution in [2.45, 2.75) is 59.0 Å². The summed E-state index contributed by atoms with van der Waals surface area (Å²) >= 11 is 0. The second-order valence-corrected chi connectivity index (χ2v) is 15.4. The fourth-order valence-corrected chi connectivity index (χ4v) is 7.76. The molecule has 0 saturated carbocycles. The fraction of sp³-hybridized carbons (Fsp3) is 0.196. The van der Waals surface area contributed by atoms with Gasteiger partial charge in [-0.05, 0) is 119 Å². The number of benzene rings is 7. The molecule has 50 heavy (non-hydrogen) atoms. The zero-order valence-corrected chi connectivity index (χ0v) is 29.2. The first-order valence-corrected chi connectivity index (χ1v) is 17.0. The molecule has 0 unspecified atom stereocenters. The van der Waals surface area contributed by atoms with Crippen molar-refractivity contribution < 1.29 is 18.3 Å². The zero-order chi connectivity index (χ0) is 35.3. The molecule has 0 radical (unpaired) electrons. The summed E-state index contributed by atoms with van der Waals surface area (Å²) in [6.45, 7) is 15.7. The number of fused-ring (bicyclic) bond motifs is 3. The van der Waals surface area contributed by atoms with Crippen molar-refractivity contribution >= 4 is 38.3 Å². The zero-order valence-electron chi connectivity index (χ0n) is 29.2. The van der Waals surface area contributed by atoms with Crippen molar-refractivity contribution in [1.82, 2.24) is 0 Å². The Bertz CT molecular complexity index is 2520. The van der Waals surface area contributed by atoms with Gasteiger partial charge in [0.25, 0.3) is 0 Å². The highest BCUT2D eigenvalue weighted by atomic mass is 19.1. The SMILES string of the molecule is C=C(C)C(=O)OCc1c(F)cc(-c2ccc3c(c2)C(C)(C)c2cc(-c4ccc5ccc6cc(C(C)(C)C)cc7ccc4c5c67)ccc2-3)cc1F. The number of esters is 1. The van der Waals surface area contributed by atoms with Crippen LogP contribution in [0.3, 0.4) is 0 Å². The Balaban J connectivity index is 1.18. The van der Waals surface area contributed by atoms with Gasteiger partial charge in [0.05, 0.1) is 5.56 Å². The lowest BCUT2D eigenvalue weighted by molar-refractivity contribution is -0.140. The number of hydrogen-bond donors (Lipinski definition) is 0. The average molecular weight is 661 g/mol. The van der Waals surface area contributed by atoms with E-state index in [1.165, 1.54) is 73.6 Å². The molecule has 0 bridgehead atoms. The minimum absolute atomic E-state index is 0.0603. The molecule has 1 aliphatic rings. The number of hydrogen-bond acceptors (Lipinski definition) is 2. The normalized spacial score (nSPS) is 13.6. The van der Waals surface area contributed by atoms with E-state index < -0.39 is 24.2 Å². The van der Waals surface area contributed by atoms with Crippen LogP contribution in [0.5, 0.6) is 0 Å². The molecule has 0 aromatic heterocycles. The van der Waals surface area contributed by atoms with Crippen molar-refractivity contribution in [3.05, 3.63) is 143 Å². The standard InChI is InChI=1S/C46H38F2O2/c1-25(2)44(49)50-24-37-40(47)22-31(23-41(37)48)27-11-15-34-35-16-12-28(21-39(35)46(6,7)38(34)20-27)33-14-10-26-8-9-29-18-32(45(3,4)5)19-30-13-17-36(33)43(26)42(29)30/h8-23H,1,24H2,2-7H3. The molecule has 0 atom stereocenters. The van der Waals surface area contributed by atoms with Gasteiger partial charge in [-0.15, -0.1) is 0 Å². The van der Waals surface area contributed by atoms with Crippen LogP contribution in [0.4, 0.5) is 8.78 Å². The van der Waals surface area contributed by atoms with Gasteiger partial charge in [0, 0.05) is 11.0 Å². The number of rotatable bonds is 5. The minimum atomic E-state index is -0.759. The maximum atomic E-state index is 15.2. The molecule has 4 heteroatoms. The van der Waals surface area contributed by atoms with Crippen molar-refractivity contribution in [2.75, 3.05) is 0 Å². The number of carbonyl (C=O) groups excluding carboxylic acids is 1. The van der Waals surface area contributed by atoms with Gasteiger partial charge >= 0.3 is 5.97 Å². The average Bonchev–Trinajstić information content (AvgIpc) is 3.30. The monoisotopic (exact) mass is 660 g/mol. The summed E-state index contributed by atoms with van der Waals surface area (Å²) in [6, 6.07) is 33.6. The molecule has 0 saturated heterocycles. The summed E-state index contributed by atoms with van der Waals surface area (Å²) in [6.07, 6.45) is 0. The van der Waals surface area contributed by atoms with Gasteiger partial charge < -0.3 is 4.74 Å². The van der Waals surface area contributed by atoms with E-state index in [2.05, 4.69) is 114 Å². The predicted molar refractivity (Wildman–Crippen MR) is 202 cm³/mol. The van der Waals surface area contributed by atoms with E-state index in [1.54, 1.807) is 0 Å². The van der Waals surface area contributed by atoms with E-state index in [9.17, 15) is 4.79 Å². The second kappa shape index (κ2) is 11.1. The first kappa shape index (κ1) is 31.9. The van der Waals surface area contributed by atoms with Crippen LogP contribution >= 0.6 is 0 Å². The Morgan fingerprint density at radius 1 is 0.680 bits per heavy atom. The third-order valence-electron chi connectivity index (χ3n) is 10.6. The van der Waals surface area contributed by atoms with E-state index in [4.69, 9.17) is 4.74 Å². The van der Waals surface area contributed by atoms with Gasteiger partial charge in [0.1, 0.15) is 18.2 Å². The molecular formula is C46H38F2O2. The van der Waals surface area contributed by atoms with E-state index in [0.717, 1.165) is 22.3 Å². The predicted octanol–water partition coefficient (Wildman–Crippen LogP) is 12.4. The Hall–Kier alpha value is -5.35. The highest BCUT2D eigenvalue weighted by Crippen LogP contribution is 2.51. The third-order valence-corrected chi connectivity index (χ3v) is 10.6. The Morgan fingerprint density at radius 2 is 1.22 bits per heavy atom. The molecule has 8 rings (SSSR count). The lowest BCUT2D eigenvalue weighted by atomic mass is 9.80. The second-order valence-electron chi connectivity index (χ2n) is 15.4. The van der Waals surface area contributed by atoms with Crippen LogP contribution in [0.2, 0.25) is 0 Å². The maximum Gasteiger partial charge on any atom is 0.333 e. The van der Waals surface area contributed by atoms with Gasteiger partial charge in [0.2, 0.25) is 0 Å². The number of halogens is 2. The minimum Gasteiger partial charge on any atom is -0.457 e. The van der Waals surface area contributed by atoms with Gasteiger partial charge in [-0.1, -0.05) is 114 Å². The number of carbonyl (C=O) groups is 1. The lowest BCUT2D eigenvalue weighted by Gasteiger charge is -2.23. The highest BCUT2D eigenvalue weighted by molar-refractivity contribution is 6.25. The van der Waals surface area contributed by atoms with Crippen LogP contribution in [0.15, 0.2) is 109 Å². The third kappa shape index (κ3) is 4.92. The van der Waals surface area contributed by atoms with Crippen molar-refractivity contribution in [2.24, 2.45) is 0 Å². The van der Waals surface area contributed by atoms with Crippen LogP contribution in [0.25, 0.3) is 65.7 Å². The smallest absolute Gasteiger partial charge is 0.333 e. The van der Waals surface area contributed by atoms with E-state index >= 15 is 8.78 Å². The summed E-state index contributed by atoms with van der Waals surface area (Å²) in [5, 5.41) is 7.62. The van der Waals surface area contributed by atoms with Crippen LogP contribution < -0.4 is 0 Å². The molecule has 248 valence electrons. The van der Waals surface area contributed by atoms with Crippen molar-refractivity contribution in [3.63, 3.8) is 0 Å². The molecule has 0 amide bonds. The Labute approximate surface area is 291 Å². The van der Waals surface area contributed by atoms with Crippen LogP contribution in [-0.2, 0) is 27.0 Å². The Morgan fingerprint density at radius 3 is 1.84 bits per heavy atom. The molecule has 0 N–H and O–H groups in total. The topological polar surface area (TPSA) is 26.3 Å². The molecule has 0 heterocycles. The Kier molecular flexibility index (Phi) is 7.07. The molecule has 2 nitrogen and oxygen atoms in total. The van der Waals surface area contributed by atoms with Gasteiger partial charge in [-0.3, -0.25) is 0 Å². The molecule has 1 aliphatic carbocycles. The molecule has 0 aliphatic heterocycles. The van der Waals surface area contributed by atoms with Gasteiger partial charge in [0.15, 0.2) is 0 Å². The van der Waals surface area contributed by atoms with Crippen LogP contribution in [-0.4, -0.2) is 5.97 Å². The lowest BCUT2D eigenvalue weighted by Crippen LogP contribution is -2.15. The largest absolute Gasteiger partial charge is 0.457 e. The summed E-state index contributed by atoms with van der Waals surface area (Å²) < 4.78 is 35.3. The molecule has 0 fully saturated rings. The van der Waals surface area contributed by atoms with E-state index in [0.29, 0.717) is 5.56 Å². The van der Waals surface area contributed by atoms with E-state index in [-0.39, 0.29) is 22.0 Å². The summed E-state index contributed by atoms with van der Waals surface area (Å²) in [5.74, 6) is -2.21. The van der Waals surface area contributed by atoms with Crippen LogP contribution in [0, 0.1) is 11.6 Å². The molecular weight excluding hydrogens is 623 g/mol. The molecule has 7 aromatic carbocycles. The van der Waals surface area contributed by atoms with Gasteiger partial charge in [-0.2, -0.15) is 0 Å². The summed E-state index contributed by atoms with van der Waals surface area (Å²) in [4.78, 5) is 11.8. The summed E-state index contributed by atoms with van der Waals surface area (Å²) in [5.41, 5.74) is 9.03. The molecule has 0 spiro atoms. The van der Waals surface area contributed by atoms with Crippen molar-refractivity contribution in [1.29, 1.82) is 0 Å². The first-order valence-electron chi connectivity index (χ1n) is 17.0. The van der Waals surface area contributed by atoms with E-state index in [1.807, 2.05) is 12.1 Å². The molecule has 7 aromatic rings. The first-order chi connectivity index (χ1) is 23.7. The van der Waals surface area contributed by atoms with Crippen molar-refractivity contribution in [3.8, 4) is 33.4 Å². The summed E-state index contributed by atoms with van der Waals surface area (Å²) in [7, 11) is 0. The highest BCUT2D eigenvalue weighted by Gasteiger charge is 2.36. The fourth-order valence-electron chi connectivity index (χ4n) is 7.76. The quantitative estimate of drug-likeness (QED) is 0.104.